The van der Waals surface area contributed by atoms with Crippen LogP contribution in [0.4, 0.5) is 0 Å². The van der Waals surface area contributed by atoms with Gasteiger partial charge >= 0.3 is 0 Å². The summed E-state index contributed by atoms with van der Waals surface area (Å²) in [6.45, 7) is 0.105. The number of rotatable bonds is 10. The molecule has 0 aliphatic heterocycles. The molecule has 202 valence electrons. The highest BCUT2D eigenvalue weighted by Crippen LogP contribution is 2.46. The zero-order valence-electron chi connectivity index (χ0n) is 21.7. The lowest BCUT2D eigenvalue weighted by molar-refractivity contribution is 0.106. The highest BCUT2D eigenvalue weighted by Gasteiger charge is 2.28. The van der Waals surface area contributed by atoms with E-state index >= 15 is 0 Å². The van der Waals surface area contributed by atoms with E-state index in [1.807, 2.05) is 72.8 Å². The van der Waals surface area contributed by atoms with Crippen LogP contribution in [-0.4, -0.2) is 33.6 Å². The predicted molar refractivity (Wildman–Crippen MR) is 149 cm³/mol. The number of hydrogen-bond acceptors (Lipinski definition) is 6. The number of benzene rings is 4. The Kier molecular flexibility index (Phi) is 8.35. The van der Waals surface area contributed by atoms with Gasteiger partial charge in [-0.05, 0) is 77.6 Å². The van der Waals surface area contributed by atoms with Gasteiger partial charge in [0.15, 0.2) is 23.0 Å². The van der Waals surface area contributed by atoms with E-state index in [1.165, 1.54) is 0 Å². The molecule has 0 amide bonds. The molecule has 6 nitrogen and oxygen atoms in total. The zero-order valence-corrected chi connectivity index (χ0v) is 21.7. The van der Waals surface area contributed by atoms with Crippen molar-refractivity contribution in [2.75, 3.05) is 13.2 Å². The minimum atomic E-state index is -0.775. The average Bonchev–Trinajstić information content (AvgIpc) is 3.47. The normalized spacial score (nSPS) is 18.4. The Labute approximate surface area is 228 Å². The second-order valence-corrected chi connectivity index (χ2v) is 10.1. The summed E-state index contributed by atoms with van der Waals surface area (Å²) >= 11 is 0. The van der Waals surface area contributed by atoms with E-state index in [9.17, 15) is 20.4 Å². The van der Waals surface area contributed by atoms with Crippen LogP contribution in [0.15, 0.2) is 97.1 Å². The van der Waals surface area contributed by atoms with Crippen LogP contribution in [0.2, 0.25) is 0 Å². The molecule has 4 atom stereocenters. The first-order chi connectivity index (χ1) is 19.0. The second-order valence-electron chi connectivity index (χ2n) is 10.1. The summed E-state index contributed by atoms with van der Waals surface area (Å²) in [7, 11) is 0. The van der Waals surface area contributed by atoms with Crippen molar-refractivity contribution in [3.05, 3.63) is 119 Å². The Balaban J connectivity index is 1.16. The van der Waals surface area contributed by atoms with Crippen molar-refractivity contribution < 1.29 is 29.9 Å². The van der Waals surface area contributed by atoms with Crippen LogP contribution in [-0.2, 0) is 0 Å². The molecule has 0 saturated heterocycles. The Morgan fingerprint density at radius 3 is 1.38 bits per heavy atom. The van der Waals surface area contributed by atoms with Crippen LogP contribution in [0.1, 0.15) is 65.6 Å². The van der Waals surface area contributed by atoms with Crippen LogP contribution in [0, 0.1) is 0 Å². The molecule has 39 heavy (non-hydrogen) atoms. The Bertz CT molecular complexity index is 1250. The lowest BCUT2D eigenvalue weighted by atomic mass is 9.92. The lowest BCUT2D eigenvalue weighted by Gasteiger charge is -2.17. The molecule has 2 unspecified atom stereocenters. The van der Waals surface area contributed by atoms with E-state index in [-0.39, 0.29) is 36.5 Å². The SMILES string of the molecule is Oc1cc([C@@H]2CC[C@H](c3ccc(OCC(O)c4ccccc4)c(O)c3)C2)ccc1OCC(O)c1ccccc1. The molecule has 1 fully saturated rings. The van der Waals surface area contributed by atoms with Crippen molar-refractivity contribution in [1.82, 2.24) is 0 Å². The molecular weight excluding hydrogens is 492 g/mol. The van der Waals surface area contributed by atoms with E-state index in [4.69, 9.17) is 9.47 Å². The number of phenols is 2. The van der Waals surface area contributed by atoms with Crippen LogP contribution >= 0.6 is 0 Å². The third kappa shape index (κ3) is 6.53. The van der Waals surface area contributed by atoms with Crippen molar-refractivity contribution in [3.63, 3.8) is 0 Å². The maximum atomic E-state index is 10.6. The van der Waals surface area contributed by atoms with E-state index in [1.54, 1.807) is 24.3 Å². The molecule has 1 aliphatic carbocycles. The van der Waals surface area contributed by atoms with Crippen LogP contribution in [0.5, 0.6) is 23.0 Å². The second kappa shape index (κ2) is 12.2. The Hall–Kier alpha value is -4.00. The summed E-state index contributed by atoms with van der Waals surface area (Å²) < 4.78 is 11.4. The highest BCUT2D eigenvalue weighted by molar-refractivity contribution is 5.45. The summed E-state index contributed by atoms with van der Waals surface area (Å²) in [6.07, 6.45) is 1.29. The zero-order chi connectivity index (χ0) is 27.2. The summed E-state index contributed by atoms with van der Waals surface area (Å²) in [5, 5.41) is 41.8. The number of ether oxygens (including phenoxy) is 2. The molecule has 5 rings (SSSR count). The molecule has 0 spiro atoms. The van der Waals surface area contributed by atoms with E-state index in [2.05, 4.69) is 0 Å². The number of aliphatic hydroxyl groups is 2. The van der Waals surface area contributed by atoms with Crippen LogP contribution in [0.3, 0.4) is 0 Å². The van der Waals surface area contributed by atoms with E-state index in [0.29, 0.717) is 11.5 Å². The summed E-state index contributed by atoms with van der Waals surface area (Å²) in [6, 6.07) is 29.6. The first-order valence-corrected chi connectivity index (χ1v) is 13.4. The molecule has 1 aliphatic rings. The van der Waals surface area contributed by atoms with Crippen molar-refractivity contribution in [2.45, 2.75) is 43.3 Å². The van der Waals surface area contributed by atoms with Crippen molar-refractivity contribution in [3.8, 4) is 23.0 Å². The molecule has 0 heterocycles. The van der Waals surface area contributed by atoms with Gasteiger partial charge in [0, 0.05) is 0 Å². The number of phenolic OH excluding ortho intramolecular Hbond substituents is 2. The largest absolute Gasteiger partial charge is 0.504 e. The van der Waals surface area contributed by atoms with Crippen LogP contribution < -0.4 is 9.47 Å². The Morgan fingerprint density at radius 2 is 1.00 bits per heavy atom. The van der Waals surface area contributed by atoms with Crippen molar-refractivity contribution >= 4 is 0 Å². The molecule has 1 saturated carbocycles. The van der Waals surface area contributed by atoms with Crippen molar-refractivity contribution in [1.29, 1.82) is 0 Å². The van der Waals surface area contributed by atoms with Crippen molar-refractivity contribution in [2.24, 2.45) is 0 Å². The van der Waals surface area contributed by atoms with Gasteiger partial charge in [-0.15, -0.1) is 0 Å². The number of aromatic hydroxyl groups is 2. The summed E-state index contributed by atoms with van der Waals surface area (Å²) in [4.78, 5) is 0. The molecule has 4 N–H and O–H groups in total. The quantitative estimate of drug-likeness (QED) is 0.192. The number of hydrogen-bond donors (Lipinski definition) is 4. The standard InChI is InChI=1S/C33H34O6/c34-28-18-26(13-15-32(28)38-20-30(36)22-7-3-1-4-8-22)24-11-12-25(17-24)27-14-16-33(29(35)19-27)39-21-31(37)23-9-5-2-6-10-23/h1-10,13-16,18-19,24-25,30-31,34-37H,11-12,17,20-21H2/t24-,25+,30?,31?. The van der Waals surface area contributed by atoms with Gasteiger partial charge in [-0.25, -0.2) is 0 Å². The topological polar surface area (TPSA) is 99.4 Å². The van der Waals surface area contributed by atoms with Crippen LogP contribution in [0.25, 0.3) is 0 Å². The third-order valence-electron chi connectivity index (χ3n) is 7.50. The van der Waals surface area contributed by atoms with Gasteiger partial charge in [-0.1, -0.05) is 72.8 Å². The molecule has 6 heteroatoms. The summed E-state index contributed by atoms with van der Waals surface area (Å²) in [5.74, 6) is 1.39. The monoisotopic (exact) mass is 526 g/mol. The fraction of sp³-hybridized carbons (Fsp3) is 0.273. The van der Waals surface area contributed by atoms with Gasteiger partial charge in [-0.3, -0.25) is 0 Å². The fourth-order valence-corrected chi connectivity index (χ4v) is 5.29. The lowest BCUT2D eigenvalue weighted by Crippen LogP contribution is -2.09. The maximum absolute atomic E-state index is 10.6. The molecule has 0 radical (unpaired) electrons. The van der Waals surface area contributed by atoms with Gasteiger partial charge in [0.05, 0.1) is 0 Å². The Morgan fingerprint density at radius 1 is 0.590 bits per heavy atom. The van der Waals surface area contributed by atoms with Gasteiger partial charge in [0.1, 0.15) is 25.4 Å². The maximum Gasteiger partial charge on any atom is 0.161 e. The van der Waals surface area contributed by atoms with Gasteiger partial charge in [0.25, 0.3) is 0 Å². The molecule has 0 aromatic heterocycles. The molecule has 0 bridgehead atoms. The highest BCUT2D eigenvalue weighted by atomic mass is 16.5. The molecular formula is C33H34O6. The first-order valence-electron chi connectivity index (χ1n) is 13.4. The minimum absolute atomic E-state index is 0.0524. The fourth-order valence-electron chi connectivity index (χ4n) is 5.29. The third-order valence-corrected chi connectivity index (χ3v) is 7.50. The molecule has 4 aromatic rings. The smallest absolute Gasteiger partial charge is 0.161 e. The first kappa shape index (κ1) is 26.6. The predicted octanol–water partition coefficient (Wildman–Crippen LogP) is 6.37. The number of aliphatic hydroxyl groups excluding tert-OH is 2. The van der Waals surface area contributed by atoms with Gasteiger partial charge < -0.3 is 29.9 Å². The van der Waals surface area contributed by atoms with Gasteiger partial charge in [0.2, 0.25) is 0 Å². The minimum Gasteiger partial charge on any atom is -0.504 e. The van der Waals surface area contributed by atoms with E-state index < -0.39 is 12.2 Å². The van der Waals surface area contributed by atoms with Gasteiger partial charge in [-0.2, -0.15) is 0 Å². The summed E-state index contributed by atoms with van der Waals surface area (Å²) in [5.41, 5.74) is 3.62. The molecule has 4 aromatic carbocycles. The van der Waals surface area contributed by atoms with E-state index in [0.717, 1.165) is 41.5 Å². The average molecular weight is 527 g/mol.